The number of hydrogen-bond donors (Lipinski definition) is 0. The topological polar surface area (TPSA) is 31.4 Å². The van der Waals surface area contributed by atoms with Crippen LogP contribution in [0.5, 0.6) is 0 Å². The zero-order valence-electron chi connectivity index (χ0n) is 8.82. The summed E-state index contributed by atoms with van der Waals surface area (Å²) in [5.41, 5.74) is 1.64. The summed E-state index contributed by atoms with van der Waals surface area (Å²) in [5, 5.41) is 1.45. The Balaban J connectivity index is 2.13. The first-order chi connectivity index (χ1) is 8.24. The van der Waals surface area contributed by atoms with Crippen LogP contribution in [0.4, 0.5) is 0 Å². The minimum Gasteiger partial charge on any atom is -0.346 e. The van der Waals surface area contributed by atoms with Gasteiger partial charge < -0.3 is 9.47 Å². The number of fused-ring (bicyclic) bond motifs is 1. The molecule has 1 aromatic carbocycles. The van der Waals surface area contributed by atoms with Gasteiger partial charge in [0, 0.05) is 15.4 Å². The molecule has 0 saturated carbocycles. The van der Waals surface area contributed by atoms with Gasteiger partial charge in [0.2, 0.25) is 0 Å². The Morgan fingerprint density at radius 1 is 1.24 bits per heavy atom. The first kappa shape index (κ1) is 11.4. The molecule has 0 atom stereocenters. The van der Waals surface area contributed by atoms with E-state index in [1.807, 2.05) is 24.3 Å². The lowest BCUT2D eigenvalue weighted by atomic mass is 10.1. The highest BCUT2D eigenvalue weighted by atomic mass is 79.9. The number of hydrogen-bond acceptors (Lipinski definition) is 3. The van der Waals surface area contributed by atoms with E-state index in [2.05, 4.69) is 20.9 Å². The van der Waals surface area contributed by atoms with Gasteiger partial charge in [-0.15, -0.1) is 0 Å². The molecule has 2 aromatic rings. The molecule has 0 bridgehead atoms. The summed E-state index contributed by atoms with van der Waals surface area (Å²) in [6.07, 6.45) is -0.386. The summed E-state index contributed by atoms with van der Waals surface area (Å²) in [5.74, 6) is 0. The van der Waals surface area contributed by atoms with Crippen LogP contribution in [-0.2, 0) is 9.47 Å². The molecule has 1 fully saturated rings. The van der Waals surface area contributed by atoms with E-state index in [1.54, 1.807) is 0 Å². The lowest BCUT2D eigenvalue weighted by Gasteiger charge is -2.11. The van der Waals surface area contributed by atoms with Crippen molar-refractivity contribution in [2.24, 2.45) is 0 Å². The molecule has 2 heterocycles. The summed E-state index contributed by atoms with van der Waals surface area (Å²) in [4.78, 5) is 4.36. The molecule has 5 heteroatoms. The minimum atomic E-state index is -0.386. The molecular weight excluding hydrogens is 305 g/mol. The standard InChI is InChI=1S/C12H9BrClNO2/c13-8-2-1-7-5-9(12-16-3-4-17-12)11(14)15-10(7)6-8/h1-2,5-6,12H,3-4H2. The van der Waals surface area contributed by atoms with Crippen LogP contribution in [0.3, 0.4) is 0 Å². The predicted molar refractivity (Wildman–Crippen MR) is 69.1 cm³/mol. The molecule has 0 radical (unpaired) electrons. The van der Waals surface area contributed by atoms with Crippen molar-refractivity contribution in [3.05, 3.63) is 39.5 Å². The number of rotatable bonds is 1. The quantitative estimate of drug-likeness (QED) is 0.752. The highest BCUT2D eigenvalue weighted by Gasteiger charge is 2.22. The van der Waals surface area contributed by atoms with Crippen LogP contribution in [0.15, 0.2) is 28.7 Å². The van der Waals surface area contributed by atoms with E-state index in [9.17, 15) is 0 Å². The van der Waals surface area contributed by atoms with Crippen LogP contribution >= 0.6 is 27.5 Å². The third-order valence-electron chi connectivity index (χ3n) is 2.64. The molecule has 0 N–H and O–H groups in total. The smallest absolute Gasteiger partial charge is 0.187 e. The van der Waals surface area contributed by atoms with Gasteiger partial charge in [0.15, 0.2) is 6.29 Å². The SMILES string of the molecule is Clc1nc2cc(Br)ccc2cc1C1OCCO1. The number of aromatic nitrogens is 1. The van der Waals surface area contributed by atoms with Crippen molar-refractivity contribution in [3.8, 4) is 0 Å². The number of ether oxygens (including phenoxy) is 2. The molecule has 0 unspecified atom stereocenters. The number of pyridine rings is 1. The first-order valence-electron chi connectivity index (χ1n) is 5.23. The Kier molecular flexibility index (Phi) is 3.04. The molecule has 0 spiro atoms. The monoisotopic (exact) mass is 313 g/mol. The second kappa shape index (κ2) is 4.53. The van der Waals surface area contributed by atoms with Gasteiger partial charge in [-0.05, 0) is 18.2 Å². The maximum absolute atomic E-state index is 6.15. The summed E-state index contributed by atoms with van der Waals surface area (Å²) in [6, 6.07) is 7.85. The van der Waals surface area contributed by atoms with Crippen LogP contribution < -0.4 is 0 Å². The maximum atomic E-state index is 6.15. The van der Waals surface area contributed by atoms with Gasteiger partial charge >= 0.3 is 0 Å². The minimum absolute atomic E-state index is 0.386. The zero-order valence-corrected chi connectivity index (χ0v) is 11.2. The summed E-state index contributed by atoms with van der Waals surface area (Å²) >= 11 is 9.56. The van der Waals surface area contributed by atoms with E-state index in [4.69, 9.17) is 21.1 Å². The normalized spacial score (nSPS) is 16.8. The molecule has 17 heavy (non-hydrogen) atoms. The molecule has 1 aliphatic rings. The molecule has 1 aliphatic heterocycles. The molecule has 3 rings (SSSR count). The van der Waals surface area contributed by atoms with E-state index < -0.39 is 0 Å². The van der Waals surface area contributed by atoms with E-state index in [-0.39, 0.29) is 6.29 Å². The molecule has 1 aromatic heterocycles. The van der Waals surface area contributed by atoms with E-state index >= 15 is 0 Å². The van der Waals surface area contributed by atoms with Crippen molar-refractivity contribution in [1.82, 2.24) is 4.98 Å². The van der Waals surface area contributed by atoms with Gasteiger partial charge in [0.05, 0.1) is 18.7 Å². The highest BCUT2D eigenvalue weighted by molar-refractivity contribution is 9.10. The fraction of sp³-hybridized carbons (Fsp3) is 0.250. The van der Waals surface area contributed by atoms with Crippen LogP contribution in [-0.4, -0.2) is 18.2 Å². The van der Waals surface area contributed by atoms with E-state index in [1.165, 1.54) is 0 Å². The Labute approximate surface area is 112 Å². The van der Waals surface area contributed by atoms with Gasteiger partial charge in [-0.3, -0.25) is 0 Å². The first-order valence-corrected chi connectivity index (χ1v) is 6.40. The van der Waals surface area contributed by atoms with Gasteiger partial charge in [-0.25, -0.2) is 4.98 Å². The van der Waals surface area contributed by atoms with Gasteiger partial charge in [0.25, 0.3) is 0 Å². The van der Waals surface area contributed by atoms with Crippen LogP contribution in [0.25, 0.3) is 10.9 Å². The Hall–Kier alpha value is -0.680. The molecule has 1 saturated heterocycles. The zero-order chi connectivity index (χ0) is 11.8. The summed E-state index contributed by atoms with van der Waals surface area (Å²) < 4.78 is 11.9. The third-order valence-corrected chi connectivity index (χ3v) is 3.43. The van der Waals surface area contributed by atoms with Crippen LogP contribution in [0.2, 0.25) is 5.15 Å². The average molecular weight is 315 g/mol. The maximum Gasteiger partial charge on any atom is 0.187 e. The lowest BCUT2D eigenvalue weighted by Crippen LogP contribution is -2.00. The fourth-order valence-corrected chi connectivity index (χ4v) is 2.42. The number of halogens is 2. The molecule has 3 nitrogen and oxygen atoms in total. The van der Waals surface area contributed by atoms with Gasteiger partial charge in [-0.1, -0.05) is 33.6 Å². The van der Waals surface area contributed by atoms with Crippen LogP contribution in [0.1, 0.15) is 11.9 Å². The Bertz CT molecular complexity index is 570. The molecular formula is C12H9BrClNO2. The largest absolute Gasteiger partial charge is 0.346 e. The molecule has 0 aliphatic carbocycles. The predicted octanol–water partition coefficient (Wildman–Crippen LogP) is 3.70. The number of nitrogens with zero attached hydrogens (tertiary/aromatic N) is 1. The Morgan fingerprint density at radius 3 is 2.76 bits per heavy atom. The van der Waals surface area contributed by atoms with Crippen molar-refractivity contribution >= 4 is 38.4 Å². The van der Waals surface area contributed by atoms with Crippen LogP contribution in [0, 0.1) is 0 Å². The lowest BCUT2D eigenvalue weighted by molar-refractivity contribution is -0.0441. The Morgan fingerprint density at radius 2 is 2.00 bits per heavy atom. The fourth-order valence-electron chi connectivity index (χ4n) is 1.84. The third kappa shape index (κ3) is 2.18. The van der Waals surface area contributed by atoms with E-state index in [0.29, 0.717) is 18.4 Å². The number of benzene rings is 1. The van der Waals surface area contributed by atoms with Crippen molar-refractivity contribution < 1.29 is 9.47 Å². The van der Waals surface area contributed by atoms with Gasteiger partial charge in [0.1, 0.15) is 5.15 Å². The van der Waals surface area contributed by atoms with Crippen molar-refractivity contribution in [2.75, 3.05) is 13.2 Å². The molecule has 88 valence electrons. The van der Waals surface area contributed by atoms with Crippen molar-refractivity contribution in [3.63, 3.8) is 0 Å². The van der Waals surface area contributed by atoms with Crippen molar-refractivity contribution in [1.29, 1.82) is 0 Å². The van der Waals surface area contributed by atoms with E-state index in [0.717, 1.165) is 20.9 Å². The van der Waals surface area contributed by atoms with Gasteiger partial charge in [-0.2, -0.15) is 0 Å². The average Bonchev–Trinajstić information content (AvgIpc) is 2.81. The molecule has 0 amide bonds. The summed E-state index contributed by atoms with van der Waals surface area (Å²) in [7, 11) is 0. The highest BCUT2D eigenvalue weighted by Crippen LogP contribution is 2.31. The second-order valence-corrected chi connectivity index (χ2v) is 5.05. The summed E-state index contributed by atoms with van der Waals surface area (Å²) in [6.45, 7) is 1.19. The van der Waals surface area contributed by atoms with Crippen molar-refractivity contribution in [2.45, 2.75) is 6.29 Å². The second-order valence-electron chi connectivity index (χ2n) is 3.78.